The van der Waals surface area contributed by atoms with Crippen LogP contribution in [0.3, 0.4) is 0 Å². The third-order valence-electron chi connectivity index (χ3n) is 1.37. The van der Waals surface area contributed by atoms with Crippen molar-refractivity contribution in [3.63, 3.8) is 0 Å². The van der Waals surface area contributed by atoms with Gasteiger partial charge in [-0.15, -0.1) is 10.2 Å². The van der Waals surface area contributed by atoms with E-state index in [2.05, 4.69) is 15.1 Å². The standard InChI is InChI=1S/C6H12N4S/c1-10(4-2-3-7)6-9-8-5-11-6/h5H,2-4,7H2,1H3. The molecular weight excluding hydrogens is 160 g/mol. The van der Waals surface area contributed by atoms with Crippen LogP contribution in [0.4, 0.5) is 5.13 Å². The van der Waals surface area contributed by atoms with E-state index >= 15 is 0 Å². The van der Waals surface area contributed by atoms with E-state index in [-0.39, 0.29) is 0 Å². The summed E-state index contributed by atoms with van der Waals surface area (Å²) in [5.41, 5.74) is 7.10. The quantitative estimate of drug-likeness (QED) is 0.710. The van der Waals surface area contributed by atoms with E-state index in [0.717, 1.165) is 24.6 Å². The molecule has 0 bridgehead atoms. The fourth-order valence-corrected chi connectivity index (χ4v) is 1.31. The first kappa shape index (κ1) is 8.42. The van der Waals surface area contributed by atoms with Gasteiger partial charge in [0, 0.05) is 13.6 Å². The van der Waals surface area contributed by atoms with Gasteiger partial charge in [-0.05, 0) is 13.0 Å². The minimum Gasteiger partial charge on any atom is -0.350 e. The molecule has 1 aromatic heterocycles. The van der Waals surface area contributed by atoms with E-state index in [1.165, 1.54) is 0 Å². The minimum atomic E-state index is 0.725. The number of hydrogen-bond donors (Lipinski definition) is 1. The highest BCUT2D eigenvalue weighted by Crippen LogP contribution is 2.12. The van der Waals surface area contributed by atoms with Crippen LogP contribution >= 0.6 is 11.3 Å². The smallest absolute Gasteiger partial charge is 0.207 e. The van der Waals surface area contributed by atoms with Crippen LogP contribution in [-0.2, 0) is 0 Å². The Morgan fingerprint density at radius 1 is 1.73 bits per heavy atom. The van der Waals surface area contributed by atoms with E-state index in [9.17, 15) is 0 Å². The summed E-state index contributed by atoms with van der Waals surface area (Å²) < 4.78 is 0. The molecule has 0 saturated heterocycles. The van der Waals surface area contributed by atoms with Crippen LogP contribution in [0.5, 0.6) is 0 Å². The van der Waals surface area contributed by atoms with Crippen LogP contribution in [0.25, 0.3) is 0 Å². The van der Waals surface area contributed by atoms with Gasteiger partial charge in [-0.2, -0.15) is 0 Å². The molecule has 0 fully saturated rings. The average Bonchev–Trinajstić information content (AvgIpc) is 2.52. The zero-order chi connectivity index (χ0) is 8.10. The maximum Gasteiger partial charge on any atom is 0.207 e. The van der Waals surface area contributed by atoms with E-state index in [1.54, 1.807) is 16.8 Å². The summed E-state index contributed by atoms with van der Waals surface area (Å²) in [6, 6.07) is 0. The fraction of sp³-hybridized carbons (Fsp3) is 0.667. The molecule has 0 aliphatic heterocycles. The molecule has 0 aliphatic carbocycles. The van der Waals surface area contributed by atoms with E-state index in [0.29, 0.717) is 0 Å². The average molecular weight is 172 g/mol. The lowest BCUT2D eigenvalue weighted by Gasteiger charge is -2.13. The Labute approximate surface area is 70.0 Å². The van der Waals surface area contributed by atoms with Crippen molar-refractivity contribution in [2.45, 2.75) is 6.42 Å². The molecule has 4 nitrogen and oxygen atoms in total. The van der Waals surface area contributed by atoms with Crippen molar-refractivity contribution in [2.75, 3.05) is 25.0 Å². The summed E-state index contributed by atoms with van der Waals surface area (Å²) in [4.78, 5) is 2.06. The van der Waals surface area contributed by atoms with Gasteiger partial charge in [0.2, 0.25) is 5.13 Å². The molecule has 62 valence electrons. The molecular formula is C6H12N4S. The molecule has 0 amide bonds. The zero-order valence-corrected chi connectivity index (χ0v) is 7.34. The third kappa shape index (κ3) is 2.44. The molecule has 2 N–H and O–H groups in total. The molecule has 0 radical (unpaired) electrons. The van der Waals surface area contributed by atoms with Gasteiger partial charge in [0.05, 0.1) is 0 Å². The van der Waals surface area contributed by atoms with Gasteiger partial charge in [-0.3, -0.25) is 0 Å². The maximum absolute atomic E-state index is 5.37. The molecule has 1 aromatic rings. The molecule has 0 aromatic carbocycles. The molecule has 5 heteroatoms. The minimum absolute atomic E-state index is 0.725. The number of anilines is 1. The molecule has 0 atom stereocenters. The fourth-order valence-electron chi connectivity index (χ4n) is 0.758. The van der Waals surface area contributed by atoms with Crippen molar-refractivity contribution >= 4 is 16.5 Å². The van der Waals surface area contributed by atoms with Crippen LogP contribution in [0.2, 0.25) is 0 Å². The number of aromatic nitrogens is 2. The predicted octanol–water partition coefficient (Wildman–Crippen LogP) is 0.323. The lowest BCUT2D eigenvalue weighted by atomic mass is 10.4. The first-order valence-corrected chi connectivity index (χ1v) is 4.40. The molecule has 0 spiro atoms. The van der Waals surface area contributed by atoms with Crippen LogP contribution in [-0.4, -0.2) is 30.3 Å². The van der Waals surface area contributed by atoms with Gasteiger partial charge >= 0.3 is 0 Å². The molecule has 0 unspecified atom stereocenters. The van der Waals surface area contributed by atoms with Gasteiger partial charge in [0.15, 0.2) is 0 Å². The monoisotopic (exact) mass is 172 g/mol. The highest BCUT2D eigenvalue weighted by atomic mass is 32.1. The van der Waals surface area contributed by atoms with Crippen molar-refractivity contribution in [3.05, 3.63) is 5.51 Å². The molecule has 1 rings (SSSR count). The molecule has 1 heterocycles. The molecule has 0 aliphatic rings. The van der Waals surface area contributed by atoms with E-state index < -0.39 is 0 Å². The summed E-state index contributed by atoms with van der Waals surface area (Å²) >= 11 is 1.54. The Balaban J connectivity index is 2.36. The Kier molecular flexibility index (Phi) is 3.25. The number of nitrogens with two attached hydrogens (primary N) is 1. The van der Waals surface area contributed by atoms with Crippen LogP contribution < -0.4 is 10.6 Å². The number of rotatable bonds is 4. The van der Waals surface area contributed by atoms with Gasteiger partial charge in [0.1, 0.15) is 5.51 Å². The second-order valence-corrected chi connectivity index (χ2v) is 3.10. The summed E-state index contributed by atoms with van der Waals surface area (Å²) in [6.45, 7) is 1.68. The zero-order valence-electron chi connectivity index (χ0n) is 6.53. The maximum atomic E-state index is 5.37. The second kappa shape index (κ2) is 4.25. The molecule has 0 saturated carbocycles. The van der Waals surface area contributed by atoms with Crippen LogP contribution in [0, 0.1) is 0 Å². The van der Waals surface area contributed by atoms with Crippen molar-refractivity contribution in [2.24, 2.45) is 5.73 Å². The summed E-state index contributed by atoms with van der Waals surface area (Å²) in [7, 11) is 2.00. The summed E-state index contributed by atoms with van der Waals surface area (Å²) in [5.74, 6) is 0. The Morgan fingerprint density at radius 3 is 3.09 bits per heavy atom. The highest BCUT2D eigenvalue weighted by molar-refractivity contribution is 7.13. The van der Waals surface area contributed by atoms with Gasteiger partial charge in [0.25, 0.3) is 0 Å². The van der Waals surface area contributed by atoms with Crippen molar-refractivity contribution in [3.8, 4) is 0 Å². The summed E-state index contributed by atoms with van der Waals surface area (Å²) in [5, 5.41) is 8.63. The predicted molar refractivity (Wildman–Crippen MR) is 46.9 cm³/mol. The van der Waals surface area contributed by atoms with Crippen LogP contribution in [0.1, 0.15) is 6.42 Å². The van der Waals surface area contributed by atoms with Gasteiger partial charge in [-0.1, -0.05) is 11.3 Å². The van der Waals surface area contributed by atoms with Crippen molar-refractivity contribution < 1.29 is 0 Å². The van der Waals surface area contributed by atoms with E-state index in [1.807, 2.05) is 7.05 Å². The lowest BCUT2D eigenvalue weighted by Crippen LogP contribution is -2.20. The lowest BCUT2D eigenvalue weighted by molar-refractivity contribution is 0.788. The van der Waals surface area contributed by atoms with Gasteiger partial charge in [-0.25, -0.2) is 0 Å². The SMILES string of the molecule is CN(CCCN)c1nncs1. The first-order valence-electron chi connectivity index (χ1n) is 3.52. The van der Waals surface area contributed by atoms with Gasteiger partial charge < -0.3 is 10.6 Å². The first-order chi connectivity index (χ1) is 5.34. The topological polar surface area (TPSA) is 55.0 Å². The van der Waals surface area contributed by atoms with Crippen LogP contribution in [0.15, 0.2) is 5.51 Å². The highest BCUT2D eigenvalue weighted by Gasteiger charge is 2.01. The normalized spacial score (nSPS) is 10.0. The number of hydrogen-bond acceptors (Lipinski definition) is 5. The third-order valence-corrected chi connectivity index (χ3v) is 2.18. The van der Waals surface area contributed by atoms with Crippen molar-refractivity contribution in [1.29, 1.82) is 0 Å². The Morgan fingerprint density at radius 2 is 2.55 bits per heavy atom. The van der Waals surface area contributed by atoms with E-state index in [4.69, 9.17) is 5.73 Å². The number of nitrogens with zero attached hydrogens (tertiary/aromatic N) is 3. The Bertz CT molecular complexity index is 186. The summed E-state index contributed by atoms with van der Waals surface area (Å²) in [6.07, 6.45) is 0.996. The molecule has 11 heavy (non-hydrogen) atoms. The largest absolute Gasteiger partial charge is 0.350 e. The van der Waals surface area contributed by atoms with Crippen molar-refractivity contribution in [1.82, 2.24) is 10.2 Å². The second-order valence-electron chi connectivity index (χ2n) is 2.29. The Hall–Kier alpha value is -0.680.